The topological polar surface area (TPSA) is 67.9 Å². The van der Waals surface area contributed by atoms with E-state index in [9.17, 15) is 9.59 Å². The van der Waals surface area contributed by atoms with Crippen molar-refractivity contribution in [1.29, 1.82) is 0 Å². The van der Waals surface area contributed by atoms with E-state index < -0.39 is 6.03 Å². The second kappa shape index (κ2) is 6.71. The van der Waals surface area contributed by atoms with Crippen LogP contribution in [0.15, 0.2) is 22.7 Å². The van der Waals surface area contributed by atoms with E-state index in [1.807, 2.05) is 0 Å². The Labute approximate surface area is 125 Å². The van der Waals surface area contributed by atoms with Crippen LogP contribution in [0.4, 0.5) is 10.5 Å². The standard InChI is InChI=1S/C13H15BrN2O4/c1-19-6-7-20-11-3-2-9(8-10(11)14)16-5-4-12(17)15-13(16)18/h2-3,8H,4-7H2,1H3,(H,15,17,18). The fourth-order valence-electron chi connectivity index (χ4n) is 1.82. The van der Waals surface area contributed by atoms with Gasteiger partial charge in [-0.3, -0.25) is 15.0 Å². The number of ether oxygens (including phenoxy) is 2. The molecule has 0 radical (unpaired) electrons. The Balaban J connectivity index is 2.08. The highest BCUT2D eigenvalue weighted by Gasteiger charge is 2.24. The third kappa shape index (κ3) is 3.49. The van der Waals surface area contributed by atoms with E-state index in [4.69, 9.17) is 9.47 Å². The molecule has 3 amide bonds. The van der Waals surface area contributed by atoms with Gasteiger partial charge in [0.05, 0.1) is 11.1 Å². The monoisotopic (exact) mass is 342 g/mol. The molecule has 1 saturated heterocycles. The van der Waals surface area contributed by atoms with Gasteiger partial charge in [-0.1, -0.05) is 0 Å². The molecule has 1 aliphatic heterocycles. The highest BCUT2D eigenvalue weighted by atomic mass is 79.9. The van der Waals surface area contributed by atoms with Crippen LogP contribution in [0.2, 0.25) is 0 Å². The van der Waals surface area contributed by atoms with Crippen molar-refractivity contribution in [1.82, 2.24) is 5.32 Å². The van der Waals surface area contributed by atoms with E-state index >= 15 is 0 Å². The van der Waals surface area contributed by atoms with Gasteiger partial charge < -0.3 is 9.47 Å². The van der Waals surface area contributed by atoms with E-state index in [1.165, 1.54) is 4.90 Å². The molecule has 1 aromatic carbocycles. The lowest BCUT2D eigenvalue weighted by atomic mass is 10.2. The van der Waals surface area contributed by atoms with Gasteiger partial charge in [0.25, 0.3) is 0 Å². The molecule has 1 fully saturated rings. The van der Waals surface area contributed by atoms with Gasteiger partial charge in [0.2, 0.25) is 5.91 Å². The third-order valence-corrected chi connectivity index (χ3v) is 3.45. The Morgan fingerprint density at radius 3 is 2.80 bits per heavy atom. The fraction of sp³-hybridized carbons (Fsp3) is 0.385. The fourth-order valence-corrected chi connectivity index (χ4v) is 2.30. The van der Waals surface area contributed by atoms with E-state index in [0.717, 1.165) is 4.47 Å². The van der Waals surface area contributed by atoms with Crippen molar-refractivity contribution in [2.24, 2.45) is 0 Å². The van der Waals surface area contributed by atoms with Gasteiger partial charge in [-0.25, -0.2) is 4.79 Å². The van der Waals surface area contributed by atoms with Crippen molar-refractivity contribution in [3.05, 3.63) is 22.7 Å². The second-order valence-electron chi connectivity index (χ2n) is 4.21. The van der Waals surface area contributed by atoms with Crippen LogP contribution < -0.4 is 15.0 Å². The number of anilines is 1. The summed E-state index contributed by atoms with van der Waals surface area (Å²) in [5.41, 5.74) is 0.709. The molecular weight excluding hydrogens is 328 g/mol. The Hall–Kier alpha value is -1.60. The smallest absolute Gasteiger partial charge is 0.328 e. The summed E-state index contributed by atoms with van der Waals surface area (Å²) >= 11 is 3.41. The van der Waals surface area contributed by atoms with Crippen LogP contribution >= 0.6 is 15.9 Å². The Morgan fingerprint density at radius 2 is 2.15 bits per heavy atom. The number of urea groups is 1. The Bertz CT molecular complexity index is 521. The zero-order valence-electron chi connectivity index (χ0n) is 11.0. The number of rotatable bonds is 5. The highest BCUT2D eigenvalue weighted by molar-refractivity contribution is 9.10. The molecule has 20 heavy (non-hydrogen) atoms. The Morgan fingerprint density at radius 1 is 1.35 bits per heavy atom. The van der Waals surface area contributed by atoms with Crippen LogP contribution in [0.1, 0.15) is 6.42 Å². The molecule has 2 rings (SSSR count). The third-order valence-electron chi connectivity index (χ3n) is 2.83. The molecule has 0 saturated carbocycles. The van der Waals surface area contributed by atoms with Crippen LogP contribution in [-0.2, 0) is 9.53 Å². The van der Waals surface area contributed by atoms with Crippen molar-refractivity contribution in [3.8, 4) is 5.75 Å². The molecule has 1 N–H and O–H groups in total. The van der Waals surface area contributed by atoms with Gasteiger partial charge >= 0.3 is 6.03 Å². The lowest BCUT2D eigenvalue weighted by Crippen LogP contribution is -2.49. The maximum absolute atomic E-state index is 11.7. The summed E-state index contributed by atoms with van der Waals surface area (Å²) in [6, 6.07) is 4.94. The van der Waals surface area contributed by atoms with Crippen LogP contribution in [0.3, 0.4) is 0 Å². The molecule has 0 unspecified atom stereocenters. The number of carbonyl (C=O) groups is 2. The van der Waals surface area contributed by atoms with Crippen molar-refractivity contribution in [3.63, 3.8) is 0 Å². The highest BCUT2D eigenvalue weighted by Crippen LogP contribution is 2.30. The van der Waals surface area contributed by atoms with Gasteiger partial charge in [-0.15, -0.1) is 0 Å². The normalized spacial score (nSPS) is 15.2. The summed E-state index contributed by atoms with van der Waals surface area (Å²) in [6.45, 7) is 1.33. The van der Waals surface area contributed by atoms with Crippen molar-refractivity contribution in [2.75, 3.05) is 31.8 Å². The number of nitrogens with zero attached hydrogens (tertiary/aromatic N) is 1. The number of benzene rings is 1. The zero-order valence-corrected chi connectivity index (χ0v) is 12.6. The molecular formula is C13H15BrN2O4. The first-order valence-corrected chi connectivity index (χ1v) is 6.93. The molecule has 0 aliphatic carbocycles. The number of carbonyl (C=O) groups excluding carboxylic acids is 2. The molecule has 6 nitrogen and oxygen atoms in total. The van der Waals surface area contributed by atoms with Crippen LogP contribution in [0.5, 0.6) is 5.75 Å². The molecule has 1 heterocycles. The number of methoxy groups -OCH3 is 1. The lowest BCUT2D eigenvalue weighted by molar-refractivity contribution is -0.120. The van der Waals surface area contributed by atoms with Gasteiger partial charge in [0, 0.05) is 25.8 Å². The summed E-state index contributed by atoms with van der Waals surface area (Å²) < 4.78 is 11.2. The maximum Gasteiger partial charge on any atom is 0.328 e. The Kier molecular flexibility index (Phi) is 4.97. The van der Waals surface area contributed by atoms with Crippen molar-refractivity contribution < 1.29 is 19.1 Å². The average molecular weight is 343 g/mol. The molecule has 7 heteroatoms. The number of amides is 3. The van der Waals surface area contributed by atoms with E-state index in [1.54, 1.807) is 25.3 Å². The van der Waals surface area contributed by atoms with Crippen LogP contribution in [-0.4, -0.2) is 38.8 Å². The summed E-state index contributed by atoms with van der Waals surface area (Å²) in [4.78, 5) is 24.4. The van der Waals surface area contributed by atoms with E-state index in [2.05, 4.69) is 21.2 Å². The predicted octanol–water partition coefficient (Wildman–Crippen LogP) is 1.92. The van der Waals surface area contributed by atoms with E-state index in [-0.39, 0.29) is 5.91 Å². The first-order chi connectivity index (χ1) is 9.61. The minimum atomic E-state index is -0.402. The summed E-state index contributed by atoms with van der Waals surface area (Å²) in [5.74, 6) is 0.434. The quantitative estimate of drug-likeness (QED) is 0.830. The first kappa shape index (κ1) is 14.8. The van der Waals surface area contributed by atoms with Crippen molar-refractivity contribution >= 4 is 33.6 Å². The van der Waals surface area contributed by atoms with Gasteiger partial charge in [-0.05, 0) is 34.1 Å². The molecule has 1 aliphatic rings. The lowest BCUT2D eigenvalue weighted by Gasteiger charge is -2.26. The van der Waals surface area contributed by atoms with Crippen LogP contribution in [0.25, 0.3) is 0 Å². The molecule has 0 aromatic heterocycles. The van der Waals surface area contributed by atoms with Crippen LogP contribution in [0, 0.1) is 0 Å². The molecule has 1 aromatic rings. The number of nitrogens with one attached hydrogen (secondary N) is 1. The number of hydrogen-bond acceptors (Lipinski definition) is 4. The van der Waals surface area contributed by atoms with Crippen molar-refractivity contribution in [2.45, 2.75) is 6.42 Å². The van der Waals surface area contributed by atoms with Gasteiger partial charge in [0.1, 0.15) is 12.4 Å². The minimum absolute atomic E-state index is 0.246. The average Bonchev–Trinajstić information content (AvgIpc) is 2.41. The summed E-state index contributed by atoms with van der Waals surface area (Å²) in [5, 5.41) is 2.29. The molecule has 0 bridgehead atoms. The second-order valence-corrected chi connectivity index (χ2v) is 5.07. The predicted molar refractivity (Wildman–Crippen MR) is 77.0 cm³/mol. The molecule has 108 valence electrons. The SMILES string of the molecule is COCCOc1ccc(N2CCC(=O)NC2=O)cc1Br. The summed E-state index contributed by atoms with van der Waals surface area (Å²) in [6.07, 6.45) is 0.301. The van der Waals surface area contributed by atoms with Gasteiger partial charge in [-0.2, -0.15) is 0 Å². The first-order valence-electron chi connectivity index (χ1n) is 6.14. The van der Waals surface area contributed by atoms with Gasteiger partial charge in [0.15, 0.2) is 0 Å². The minimum Gasteiger partial charge on any atom is -0.490 e. The largest absolute Gasteiger partial charge is 0.490 e. The molecule has 0 atom stereocenters. The van der Waals surface area contributed by atoms with E-state index in [0.29, 0.717) is 37.6 Å². The number of hydrogen-bond donors (Lipinski definition) is 1. The molecule has 0 spiro atoms. The zero-order chi connectivity index (χ0) is 14.5. The number of imide groups is 1. The maximum atomic E-state index is 11.7. The summed E-state index contributed by atoms with van der Waals surface area (Å²) in [7, 11) is 1.61. The number of halogens is 1.